The van der Waals surface area contributed by atoms with Gasteiger partial charge >= 0.3 is 5.97 Å². The fraction of sp³-hybridized carbons (Fsp3) is 0.238. The molecule has 0 radical (unpaired) electrons. The molecule has 0 spiro atoms. The molecule has 1 atom stereocenters. The van der Waals surface area contributed by atoms with Gasteiger partial charge in [-0.2, -0.15) is 0 Å². The molecule has 3 amide bonds. The molecule has 2 heterocycles. The minimum absolute atomic E-state index is 0.0279. The Balaban J connectivity index is 1.37. The number of nitrogens with zero attached hydrogens (tertiary/aromatic N) is 2. The second-order valence-corrected chi connectivity index (χ2v) is 6.85. The quantitative estimate of drug-likeness (QED) is 0.598. The van der Waals surface area contributed by atoms with Crippen LogP contribution in [0.2, 0.25) is 0 Å². The van der Waals surface area contributed by atoms with Crippen molar-refractivity contribution in [2.75, 3.05) is 18.1 Å². The van der Waals surface area contributed by atoms with Crippen LogP contribution in [0, 0.1) is 0 Å². The molecule has 0 saturated heterocycles. The van der Waals surface area contributed by atoms with Crippen molar-refractivity contribution in [2.24, 2.45) is 0 Å². The number of benzene rings is 2. The molecule has 7 heteroatoms. The second-order valence-electron chi connectivity index (χ2n) is 6.85. The maximum absolute atomic E-state index is 12.6. The minimum atomic E-state index is -0.803. The van der Waals surface area contributed by atoms with Gasteiger partial charge in [0.15, 0.2) is 6.61 Å². The van der Waals surface area contributed by atoms with Crippen LogP contribution in [0.4, 0.5) is 5.69 Å². The topological polar surface area (TPSA) is 84.0 Å². The molecule has 2 aromatic rings. The first-order chi connectivity index (χ1) is 13.5. The van der Waals surface area contributed by atoms with Gasteiger partial charge in [-0.15, -0.1) is 0 Å². The van der Waals surface area contributed by atoms with Gasteiger partial charge in [0.1, 0.15) is 6.54 Å². The van der Waals surface area contributed by atoms with E-state index in [1.807, 2.05) is 31.2 Å². The van der Waals surface area contributed by atoms with Crippen LogP contribution < -0.4 is 4.90 Å². The van der Waals surface area contributed by atoms with Crippen molar-refractivity contribution in [3.63, 3.8) is 0 Å². The molecule has 28 heavy (non-hydrogen) atoms. The number of fused-ring (bicyclic) bond motifs is 2. The lowest BCUT2D eigenvalue weighted by Crippen LogP contribution is -2.40. The molecule has 2 aliphatic rings. The zero-order valence-corrected chi connectivity index (χ0v) is 15.3. The monoisotopic (exact) mass is 378 g/mol. The molecule has 0 fully saturated rings. The summed E-state index contributed by atoms with van der Waals surface area (Å²) in [7, 11) is 0. The van der Waals surface area contributed by atoms with E-state index in [-0.39, 0.29) is 23.1 Å². The van der Waals surface area contributed by atoms with Crippen molar-refractivity contribution in [3.8, 4) is 0 Å². The van der Waals surface area contributed by atoms with Gasteiger partial charge in [-0.1, -0.05) is 30.3 Å². The first-order valence-electron chi connectivity index (χ1n) is 8.98. The highest BCUT2D eigenvalue weighted by Crippen LogP contribution is 2.31. The molecule has 0 aromatic heterocycles. The summed E-state index contributed by atoms with van der Waals surface area (Å²) >= 11 is 0. The van der Waals surface area contributed by atoms with Crippen molar-refractivity contribution >= 4 is 29.4 Å². The van der Waals surface area contributed by atoms with Crippen LogP contribution in [0.25, 0.3) is 0 Å². The lowest BCUT2D eigenvalue weighted by Gasteiger charge is -2.22. The predicted octanol–water partition coefficient (Wildman–Crippen LogP) is 1.80. The Morgan fingerprint density at radius 3 is 2.29 bits per heavy atom. The number of esters is 1. The number of ether oxygens (including phenoxy) is 1. The van der Waals surface area contributed by atoms with Crippen LogP contribution in [0.1, 0.15) is 33.2 Å². The highest BCUT2D eigenvalue weighted by atomic mass is 16.5. The van der Waals surface area contributed by atoms with Crippen LogP contribution in [0.3, 0.4) is 0 Å². The van der Waals surface area contributed by atoms with Crippen molar-refractivity contribution < 1.29 is 23.9 Å². The summed E-state index contributed by atoms with van der Waals surface area (Å²) in [6.45, 7) is 0.963. The van der Waals surface area contributed by atoms with Gasteiger partial charge in [-0.05, 0) is 37.1 Å². The number of hydrogen-bond donors (Lipinski definition) is 0. The zero-order valence-electron chi connectivity index (χ0n) is 15.3. The van der Waals surface area contributed by atoms with E-state index in [4.69, 9.17) is 4.74 Å². The standard InChI is InChI=1S/C21H18N2O5/c1-13-10-14-6-2-5-9-17(14)23(13)18(24)12-28-19(25)11-22-20(26)15-7-3-4-8-16(15)21(22)27/h2-9,13H,10-12H2,1H3. The van der Waals surface area contributed by atoms with E-state index in [0.717, 1.165) is 22.6 Å². The molecule has 4 rings (SSSR count). The van der Waals surface area contributed by atoms with Crippen molar-refractivity contribution in [2.45, 2.75) is 19.4 Å². The predicted molar refractivity (Wildman–Crippen MR) is 99.9 cm³/mol. The summed E-state index contributed by atoms with van der Waals surface area (Å²) in [6.07, 6.45) is 0.741. The van der Waals surface area contributed by atoms with E-state index in [1.165, 1.54) is 12.1 Å². The fourth-order valence-electron chi connectivity index (χ4n) is 3.71. The van der Waals surface area contributed by atoms with Crippen molar-refractivity contribution in [3.05, 3.63) is 65.2 Å². The number of imide groups is 1. The van der Waals surface area contributed by atoms with E-state index in [9.17, 15) is 19.2 Å². The van der Waals surface area contributed by atoms with Gasteiger partial charge in [0.25, 0.3) is 17.7 Å². The summed E-state index contributed by atoms with van der Waals surface area (Å²) < 4.78 is 5.06. The van der Waals surface area contributed by atoms with Gasteiger partial charge < -0.3 is 9.64 Å². The van der Waals surface area contributed by atoms with Crippen LogP contribution in [0.15, 0.2) is 48.5 Å². The minimum Gasteiger partial charge on any atom is -0.454 e. The van der Waals surface area contributed by atoms with Crippen molar-refractivity contribution in [1.82, 2.24) is 4.90 Å². The largest absolute Gasteiger partial charge is 0.454 e. The Hall–Kier alpha value is -3.48. The van der Waals surface area contributed by atoms with Crippen LogP contribution in [-0.2, 0) is 20.7 Å². The van der Waals surface area contributed by atoms with E-state index in [0.29, 0.717) is 0 Å². The molecular weight excluding hydrogens is 360 g/mol. The van der Waals surface area contributed by atoms with Crippen LogP contribution in [-0.4, -0.2) is 47.8 Å². The number of rotatable bonds is 4. The molecule has 1 unspecified atom stereocenters. The van der Waals surface area contributed by atoms with Gasteiger partial charge in [0.2, 0.25) is 0 Å². The molecule has 142 valence electrons. The summed E-state index contributed by atoms with van der Waals surface area (Å²) in [4.78, 5) is 51.8. The highest BCUT2D eigenvalue weighted by molar-refractivity contribution is 6.22. The Morgan fingerprint density at radius 2 is 1.61 bits per heavy atom. The molecule has 0 saturated carbocycles. The van der Waals surface area contributed by atoms with Crippen LogP contribution in [0.5, 0.6) is 0 Å². The van der Waals surface area contributed by atoms with Gasteiger partial charge in [0, 0.05) is 11.7 Å². The first-order valence-corrected chi connectivity index (χ1v) is 8.98. The number of hydrogen-bond acceptors (Lipinski definition) is 5. The summed E-state index contributed by atoms with van der Waals surface area (Å²) in [5, 5.41) is 0. The Morgan fingerprint density at radius 1 is 1.00 bits per heavy atom. The highest BCUT2D eigenvalue weighted by Gasteiger charge is 2.37. The third-order valence-electron chi connectivity index (χ3n) is 5.00. The lowest BCUT2D eigenvalue weighted by molar-refractivity contribution is -0.148. The molecule has 2 aromatic carbocycles. The number of carbonyl (C=O) groups excluding carboxylic acids is 4. The third kappa shape index (κ3) is 2.94. The average molecular weight is 378 g/mol. The molecule has 0 bridgehead atoms. The SMILES string of the molecule is CC1Cc2ccccc2N1C(=O)COC(=O)CN1C(=O)c2ccccc2C1=O. The van der Waals surface area contributed by atoms with Crippen molar-refractivity contribution in [1.29, 1.82) is 0 Å². The zero-order chi connectivity index (χ0) is 19.8. The van der Waals surface area contributed by atoms with E-state index in [2.05, 4.69) is 0 Å². The molecule has 7 nitrogen and oxygen atoms in total. The normalized spacial score (nSPS) is 17.5. The summed E-state index contributed by atoms with van der Waals surface area (Å²) in [5.41, 5.74) is 2.41. The fourth-order valence-corrected chi connectivity index (χ4v) is 3.71. The summed E-state index contributed by atoms with van der Waals surface area (Å²) in [6, 6.07) is 13.9. The number of para-hydroxylation sites is 1. The Kier molecular flexibility index (Phi) is 4.43. The Labute approximate surface area is 161 Å². The van der Waals surface area contributed by atoms with Gasteiger partial charge in [-0.3, -0.25) is 24.1 Å². The maximum atomic E-state index is 12.6. The lowest BCUT2D eigenvalue weighted by atomic mass is 10.1. The third-order valence-corrected chi connectivity index (χ3v) is 5.00. The number of carbonyl (C=O) groups is 4. The molecule has 2 aliphatic heterocycles. The van der Waals surface area contributed by atoms with E-state index >= 15 is 0 Å². The smallest absolute Gasteiger partial charge is 0.326 e. The van der Waals surface area contributed by atoms with E-state index < -0.39 is 30.9 Å². The number of amides is 3. The first kappa shape index (κ1) is 17.9. The van der Waals surface area contributed by atoms with Gasteiger partial charge in [-0.25, -0.2) is 0 Å². The summed E-state index contributed by atoms with van der Waals surface area (Å²) in [5.74, 6) is -2.21. The van der Waals surface area contributed by atoms with E-state index in [1.54, 1.807) is 17.0 Å². The average Bonchev–Trinajstić information content (AvgIpc) is 3.15. The van der Waals surface area contributed by atoms with Crippen LogP contribution >= 0.6 is 0 Å². The second kappa shape index (κ2) is 6.92. The Bertz CT molecular complexity index is 965. The molecule has 0 aliphatic carbocycles. The number of anilines is 1. The molecule has 0 N–H and O–H groups in total. The van der Waals surface area contributed by atoms with Gasteiger partial charge in [0.05, 0.1) is 11.1 Å². The molecular formula is C21H18N2O5. The maximum Gasteiger partial charge on any atom is 0.326 e.